The molecule has 4 bridgehead atoms. The van der Waals surface area contributed by atoms with Gasteiger partial charge in [-0.3, -0.25) is 18.2 Å². The van der Waals surface area contributed by atoms with Crippen molar-refractivity contribution in [2.24, 2.45) is 17.8 Å². The molecule has 4 aliphatic carbocycles. The number of benzene rings is 2. The highest BCUT2D eigenvalue weighted by Crippen LogP contribution is 2.55. The minimum atomic E-state index is -2.93. The Kier molecular flexibility index (Phi) is 10.2. The van der Waals surface area contributed by atoms with Gasteiger partial charge in [-0.15, -0.1) is 23.2 Å². The van der Waals surface area contributed by atoms with Crippen molar-refractivity contribution in [3.05, 3.63) is 59.7 Å². The van der Waals surface area contributed by atoms with Crippen LogP contribution in [0.1, 0.15) is 74.2 Å². The molecule has 1 heterocycles. The summed E-state index contributed by atoms with van der Waals surface area (Å²) in [6.45, 7) is 3.64. The molecule has 1 amide bonds. The lowest BCUT2D eigenvalue weighted by Crippen LogP contribution is -2.61. The van der Waals surface area contributed by atoms with Crippen LogP contribution in [0.2, 0.25) is 0 Å². The maximum Gasteiger partial charge on any atom is 0.251 e. The van der Waals surface area contributed by atoms with Gasteiger partial charge in [-0.25, -0.2) is 0 Å². The first kappa shape index (κ1) is 32.4. The molecule has 0 unspecified atom stereocenters. The van der Waals surface area contributed by atoms with Crippen molar-refractivity contribution >= 4 is 40.5 Å². The van der Waals surface area contributed by atoms with Crippen LogP contribution in [0, 0.1) is 17.8 Å². The smallest absolute Gasteiger partial charge is 0.251 e. The Labute approximate surface area is 264 Å². The Morgan fingerprint density at radius 1 is 1.02 bits per heavy atom. The number of nitrogens with one attached hydrogen (secondary N) is 3. The summed E-state index contributed by atoms with van der Waals surface area (Å²) in [5.41, 5.74) is 3.00. The van der Waals surface area contributed by atoms with Gasteiger partial charge in [0, 0.05) is 36.4 Å². The molecule has 10 heteroatoms. The Morgan fingerprint density at radius 3 is 2.33 bits per heavy atom. The average molecular weight is 633 g/mol. The number of aliphatic hydroxyl groups excluding tert-OH is 1. The first-order chi connectivity index (χ1) is 20.2. The van der Waals surface area contributed by atoms with E-state index in [2.05, 4.69) is 16.0 Å². The van der Waals surface area contributed by atoms with E-state index in [9.17, 15) is 19.0 Å². The molecule has 2 aromatic carbocycles. The zero-order valence-corrected chi connectivity index (χ0v) is 26.8. The molecule has 5 aliphatic rings. The molecule has 5 fully saturated rings. The number of rotatable bonds is 11. The van der Waals surface area contributed by atoms with E-state index in [1.165, 1.54) is 38.5 Å². The molecule has 6 N–H and O–H groups in total. The fourth-order valence-corrected chi connectivity index (χ4v) is 10.2. The molecule has 0 spiro atoms. The monoisotopic (exact) mass is 632 g/mol. The number of amides is 1. The lowest BCUT2D eigenvalue weighted by molar-refractivity contribution is -0.0262. The van der Waals surface area contributed by atoms with Crippen molar-refractivity contribution in [2.75, 3.05) is 35.0 Å². The van der Waals surface area contributed by atoms with Crippen LogP contribution in [0.4, 0.5) is 11.4 Å². The maximum atomic E-state index is 13.8. The first-order valence-electron chi connectivity index (χ1n) is 15.9. The third-order valence-corrected chi connectivity index (χ3v) is 12.0. The van der Waals surface area contributed by atoms with Gasteiger partial charge < -0.3 is 21.1 Å². The maximum absolute atomic E-state index is 13.8. The summed E-state index contributed by atoms with van der Waals surface area (Å²) in [7, 11) is -2.93. The molecule has 4 saturated carbocycles. The standard InChI is InChI=1S/C33H48N4O4S.ClH/c1-2-34-28-16-27(17-29(18-28)37-10-6-7-11-42(37,40)41)32(39)36-30(15-23-8-4-3-5-9-23)31(38)22-35-33-19-24-12-25(20-33)14-26(13-24)21-33;/h3-5,8-9,16-18,24-26,30-31,34-35,38,40-41H,2,6-7,10-15,19-22H2,1H3,(H,36,39);1H/t24?,25?,26?,30-,31+,33?;/m0./s1. The van der Waals surface area contributed by atoms with Gasteiger partial charge in [0.1, 0.15) is 0 Å². The molecule has 2 atom stereocenters. The third-order valence-electron chi connectivity index (χ3n) is 10.0. The second-order valence-corrected chi connectivity index (χ2v) is 15.5. The van der Waals surface area contributed by atoms with E-state index in [1.54, 1.807) is 16.4 Å². The van der Waals surface area contributed by atoms with Gasteiger partial charge in [0.2, 0.25) is 0 Å². The summed E-state index contributed by atoms with van der Waals surface area (Å²) in [6, 6.07) is 14.9. The van der Waals surface area contributed by atoms with Crippen LogP contribution in [0.15, 0.2) is 48.5 Å². The summed E-state index contributed by atoms with van der Waals surface area (Å²) < 4.78 is 23.2. The van der Waals surface area contributed by atoms with Crippen molar-refractivity contribution < 1.29 is 19.0 Å². The minimum Gasteiger partial charge on any atom is -0.390 e. The predicted molar refractivity (Wildman–Crippen MR) is 178 cm³/mol. The van der Waals surface area contributed by atoms with Gasteiger partial charge in [0.25, 0.3) is 5.91 Å². The highest BCUT2D eigenvalue weighted by atomic mass is 35.5. The number of aliphatic hydroxyl groups is 1. The summed E-state index contributed by atoms with van der Waals surface area (Å²) in [5.74, 6) is 2.51. The molecule has 43 heavy (non-hydrogen) atoms. The van der Waals surface area contributed by atoms with E-state index in [0.717, 1.165) is 41.8 Å². The topological polar surface area (TPSA) is 117 Å². The van der Waals surface area contributed by atoms with Crippen LogP contribution in [0.5, 0.6) is 0 Å². The molecule has 8 nitrogen and oxygen atoms in total. The van der Waals surface area contributed by atoms with Gasteiger partial charge in [-0.2, -0.15) is 0 Å². The van der Waals surface area contributed by atoms with Crippen LogP contribution in [-0.2, 0) is 6.42 Å². The molecule has 2 aromatic rings. The van der Waals surface area contributed by atoms with Crippen LogP contribution >= 0.6 is 23.2 Å². The van der Waals surface area contributed by atoms with Gasteiger partial charge in [0.05, 0.1) is 23.6 Å². The Balaban J connectivity index is 0.00000368. The summed E-state index contributed by atoms with van der Waals surface area (Å²) in [5, 5.41) is 21.9. The number of hydrogen-bond acceptors (Lipinski definition) is 7. The van der Waals surface area contributed by atoms with E-state index < -0.39 is 22.9 Å². The van der Waals surface area contributed by atoms with Crippen molar-refractivity contribution in [3.8, 4) is 0 Å². The average Bonchev–Trinajstić information content (AvgIpc) is 2.95. The fraction of sp³-hybridized carbons (Fsp3) is 0.606. The summed E-state index contributed by atoms with van der Waals surface area (Å²) in [4.78, 5) is 13.8. The molecule has 1 saturated heterocycles. The first-order valence-corrected chi connectivity index (χ1v) is 17.6. The normalized spacial score (nSPS) is 29.3. The number of carbonyl (C=O) groups is 1. The Hall–Kier alpha value is -2.01. The van der Waals surface area contributed by atoms with Crippen molar-refractivity contribution in [1.29, 1.82) is 0 Å². The second-order valence-electron chi connectivity index (χ2n) is 13.4. The number of anilines is 2. The minimum absolute atomic E-state index is 0. The Bertz CT molecular complexity index is 1210. The van der Waals surface area contributed by atoms with Crippen molar-refractivity contribution in [3.63, 3.8) is 0 Å². The molecule has 0 aromatic heterocycles. The molecular weight excluding hydrogens is 584 g/mol. The fourth-order valence-electron chi connectivity index (χ4n) is 8.49. The highest BCUT2D eigenvalue weighted by Gasteiger charge is 2.50. The lowest BCUT2D eigenvalue weighted by atomic mass is 9.53. The van der Waals surface area contributed by atoms with Gasteiger partial charge in [-0.05, 0) is 106 Å². The SMILES string of the molecule is CCNc1cc(C(=O)N[C@@H](Cc2ccccc2)[C@H](O)CNC23CC4CC(CC(C4)C2)C3)cc(N2CCCCS2(O)O)c1.Cl. The largest absolute Gasteiger partial charge is 0.390 e. The number of hydrogen-bond donors (Lipinski definition) is 6. The van der Waals surface area contributed by atoms with Crippen molar-refractivity contribution in [1.82, 2.24) is 10.6 Å². The van der Waals surface area contributed by atoms with E-state index in [-0.39, 0.29) is 23.9 Å². The van der Waals surface area contributed by atoms with Gasteiger partial charge in [-0.1, -0.05) is 30.3 Å². The molecule has 7 rings (SSSR count). The molecule has 238 valence electrons. The van der Waals surface area contributed by atoms with Crippen LogP contribution < -0.4 is 20.3 Å². The molecule has 0 radical (unpaired) electrons. The molecule has 1 aliphatic heterocycles. The highest BCUT2D eigenvalue weighted by molar-refractivity contribution is 8.25. The van der Waals surface area contributed by atoms with Crippen molar-refractivity contribution in [2.45, 2.75) is 82.4 Å². The predicted octanol–water partition coefficient (Wildman–Crippen LogP) is 6.07. The van der Waals surface area contributed by atoms with Crippen LogP contribution in [0.25, 0.3) is 0 Å². The summed E-state index contributed by atoms with van der Waals surface area (Å²) in [6.07, 6.45) is 9.13. The number of β-amino-alcohol motifs (C(OH)–C–C–N with tert-alkyl or cyclic N) is 1. The second kappa shape index (κ2) is 13.5. The van der Waals surface area contributed by atoms with E-state index >= 15 is 0 Å². The van der Waals surface area contributed by atoms with E-state index in [1.807, 2.05) is 43.3 Å². The Morgan fingerprint density at radius 2 is 1.70 bits per heavy atom. The van der Waals surface area contributed by atoms with Gasteiger partial charge in [0.15, 0.2) is 0 Å². The van der Waals surface area contributed by atoms with E-state index in [4.69, 9.17) is 0 Å². The van der Waals surface area contributed by atoms with Crippen LogP contribution in [-0.4, -0.2) is 63.2 Å². The zero-order chi connectivity index (χ0) is 29.3. The molecular formula is C33H49ClN4O4S. The lowest BCUT2D eigenvalue weighted by Gasteiger charge is -2.57. The quantitative estimate of drug-likeness (QED) is 0.178. The zero-order valence-electron chi connectivity index (χ0n) is 25.2. The summed E-state index contributed by atoms with van der Waals surface area (Å²) >= 11 is 0. The number of nitrogens with zero attached hydrogens (tertiary/aromatic N) is 1. The third kappa shape index (κ3) is 7.45. The van der Waals surface area contributed by atoms with Crippen LogP contribution in [0.3, 0.4) is 0 Å². The van der Waals surface area contributed by atoms with Gasteiger partial charge >= 0.3 is 0 Å². The number of halogens is 1. The van der Waals surface area contributed by atoms with E-state index in [0.29, 0.717) is 43.1 Å². The number of carbonyl (C=O) groups excluding carboxylic acids is 1.